The third-order valence-electron chi connectivity index (χ3n) is 5.83. The molecule has 31 heavy (non-hydrogen) atoms. The molecular formula is C23H31FN4O3. The van der Waals surface area contributed by atoms with Crippen molar-refractivity contribution < 1.29 is 18.7 Å². The number of benzene rings is 1. The van der Waals surface area contributed by atoms with E-state index < -0.39 is 0 Å². The smallest absolute Gasteiger partial charge is 0.307 e. The van der Waals surface area contributed by atoms with Crippen molar-refractivity contribution in [1.29, 1.82) is 0 Å². The number of hydrogen-bond acceptors (Lipinski definition) is 5. The second-order valence-corrected chi connectivity index (χ2v) is 7.76. The van der Waals surface area contributed by atoms with Gasteiger partial charge in [-0.05, 0) is 64.0 Å². The molecule has 0 radical (unpaired) electrons. The van der Waals surface area contributed by atoms with Gasteiger partial charge in [0.1, 0.15) is 5.82 Å². The van der Waals surface area contributed by atoms with Gasteiger partial charge in [0.2, 0.25) is 0 Å². The van der Waals surface area contributed by atoms with Crippen LogP contribution in [0.4, 0.5) is 4.39 Å². The normalized spacial score (nSPS) is 16.5. The molecule has 0 spiro atoms. The van der Waals surface area contributed by atoms with Crippen LogP contribution in [0, 0.1) is 12.7 Å². The molecule has 1 amide bonds. The van der Waals surface area contributed by atoms with Crippen molar-refractivity contribution in [3.8, 4) is 5.69 Å². The van der Waals surface area contributed by atoms with E-state index in [0.29, 0.717) is 36.6 Å². The van der Waals surface area contributed by atoms with E-state index in [1.807, 2.05) is 6.92 Å². The average molecular weight is 431 g/mol. The van der Waals surface area contributed by atoms with Gasteiger partial charge in [0.05, 0.1) is 36.2 Å². The molecule has 2 aromatic rings. The highest BCUT2D eigenvalue weighted by atomic mass is 19.1. The van der Waals surface area contributed by atoms with Crippen LogP contribution in [-0.2, 0) is 9.53 Å². The molecule has 1 aromatic carbocycles. The number of ether oxygens (including phenoxy) is 1. The monoisotopic (exact) mass is 430 g/mol. The molecule has 1 saturated heterocycles. The molecular weight excluding hydrogens is 399 g/mol. The summed E-state index contributed by atoms with van der Waals surface area (Å²) in [5.41, 5.74) is 1.84. The molecule has 3 rings (SSSR count). The Morgan fingerprint density at radius 2 is 2.00 bits per heavy atom. The molecule has 1 unspecified atom stereocenters. The highest BCUT2D eigenvalue weighted by Crippen LogP contribution is 2.21. The lowest BCUT2D eigenvalue weighted by molar-refractivity contribution is -0.143. The molecule has 0 aliphatic carbocycles. The van der Waals surface area contributed by atoms with Gasteiger partial charge >= 0.3 is 5.97 Å². The first kappa shape index (κ1) is 22.9. The number of likely N-dealkylation sites (N-methyl/N-ethyl adjacent to an activating group) is 1. The minimum Gasteiger partial charge on any atom is -0.466 e. The van der Waals surface area contributed by atoms with Crippen LogP contribution in [0.5, 0.6) is 0 Å². The molecule has 1 aromatic heterocycles. The van der Waals surface area contributed by atoms with Crippen molar-refractivity contribution in [3.63, 3.8) is 0 Å². The van der Waals surface area contributed by atoms with Crippen LogP contribution < -0.4 is 0 Å². The zero-order chi connectivity index (χ0) is 22.4. The van der Waals surface area contributed by atoms with Gasteiger partial charge in [0.25, 0.3) is 5.91 Å². The summed E-state index contributed by atoms with van der Waals surface area (Å²) < 4.78 is 19.9. The number of esters is 1. The molecule has 8 heteroatoms. The summed E-state index contributed by atoms with van der Waals surface area (Å²) in [7, 11) is 0. The summed E-state index contributed by atoms with van der Waals surface area (Å²) in [6.45, 7) is 8.87. The first-order valence-corrected chi connectivity index (χ1v) is 10.9. The third-order valence-corrected chi connectivity index (χ3v) is 5.83. The molecule has 1 aliphatic heterocycles. The van der Waals surface area contributed by atoms with Gasteiger partial charge in [-0.2, -0.15) is 5.10 Å². The molecule has 7 nitrogen and oxygen atoms in total. The second kappa shape index (κ2) is 10.5. The van der Waals surface area contributed by atoms with Gasteiger partial charge in [0, 0.05) is 19.1 Å². The maximum atomic E-state index is 13.5. The molecule has 0 bridgehead atoms. The second-order valence-electron chi connectivity index (χ2n) is 7.76. The van der Waals surface area contributed by atoms with Crippen LogP contribution in [-0.4, -0.2) is 70.3 Å². The molecule has 2 heterocycles. The zero-order valence-corrected chi connectivity index (χ0v) is 18.5. The Bertz CT molecular complexity index is 897. The Hall–Kier alpha value is -2.74. The number of rotatable bonds is 9. The lowest BCUT2D eigenvalue weighted by atomic mass is 10.1. The van der Waals surface area contributed by atoms with Crippen LogP contribution in [0.3, 0.4) is 0 Å². The van der Waals surface area contributed by atoms with E-state index in [-0.39, 0.29) is 30.2 Å². The molecule has 1 atom stereocenters. The summed E-state index contributed by atoms with van der Waals surface area (Å²) in [5, 5.41) is 4.35. The number of nitrogens with zero attached hydrogens (tertiary/aromatic N) is 4. The van der Waals surface area contributed by atoms with Crippen LogP contribution >= 0.6 is 0 Å². The van der Waals surface area contributed by atoms with Gasteiger partial charge in [-0.15, -0.1) is 0 Å². The number of aromatic nitrogens is 2. The van der Waals surface area contributed by atoms with E-state index >= 15 is 0 Å². The Morgan fingerprint density at radius 3 is 2.68 bits per heavy atom. The minimum absolute atomic E-state index is 0.155. The molecule has 0 N–H and O–H groups in total. The van der Waals surface area contributed by atoms with Crippen molar-refractivity contribution in [2.24, 2.45) is 0 Å². The largest absolute Gasteiger partial charge is 0.466 e. The highest BCUT2D eigenvalue weighted by molar-refractivity contribution is 5.95. The molecule has 0 saturated carbocycles. The Kier molecular flexibility index (Phi) is 7.79. The lowest BCUT2D eigenvalue weighted by Crippen LogP contribution is -2.44. The Morgan fingerprint density at radius 1 is 1.26 bits per heavy atom. The summed E-state index contributed by atoms with van der Waals surface area (Å²) in [4.78, 5) is 29.5. The topological polar surface area (TPSA) is 67.7 Å². The van der Waals surface area contributed by atoms with Gasteiger partial charge < -0.3 is 9.64 Å². The van der Waals surface area contributed by atoms with Crippen LogP contribution in [0.2, 0.25) is 0 Å². The van der Waals surface area contributed by atoms with Crippen molar-refractivity contribution in [2.45, 2.75) is 46.1 Å². The SMILES string of the molecule is CCOC(=O)CCN(CC1CCCN1CC)C(=O)c1cnn(-c2ccc(F)cc2)c1C. The quantitative estimate of drug-likeness (QED) is 0.572. The summed E-state index contributed by atoms with van der Waals surface area (Å²) in [5.74, 6) is -0.789. The third kappa shape index (κ3) is 5.50. The van der Waals surface area contributed by atoms with Gasteiger partial charge in [-0.25, -0.2) is 9.07 Å². The van der Waals surface area contributed by atoms with Gasteiger partial charge in [0.15, 0.2) is 0 Å². The summed E-state index contributed by atoms with van der Waals surface area (Å²) >= 11 is 0. The number of carbonyl (C=O) groups excluding carboxylic acids is 2. The van der Waals surface area contributed by atoms with Gasteiger partial charge in [-0.1, -0.05) is 6.92 Å². The maximum absolute atomic E-state index is 13.5. The van der Waals surface area contributed by atoms with Crippen molar-refractivity contribution >= 4 is 11.9 Å². The Labute approximate surface area is 182 Å². The number of likely N-dealkylation sites (tertiary alicyclic amines) is 1. The fourth-order valence-electron chi connectivity index (χ4n) is 4.14. The van der Waals surface area contributed by atoms with E-state index in [9.17, 15) is 14.0 Å². The van der Waals surface area contributed by atoms with E-state index in [4.69, 9.17) is 4.74 Å². The first-order valence-electron chi connectivity index (χ1n) is 10.9. The summed E-state index contributed by atoms with van der Waals surface area (Å²) in [6.07, 6.45) is 3.85. The highest BCUT2D eigenvalue weighted by Gasteiger charge is 2.29. The predicted molar refractivity (Wildman–Crippen MR) is 116 cm³/mol. The maximum Gasteiger partial charge on any atom is 0.307 e. The molecule has 168 valence electrons. The van der Waals surface area contributed by atoms with Crippen LogP contribution in [0.15, 0.2) is 30.5 Å². The van der Waals surface area contributed by atoms with Crippen molar-refractivity contribution in [1.82, 2.24) is 19.6 Å². The predicted octanol–water partition coefficient (Wildman–Crippen LogP) is 3.20. The van der Waals surface area contributed by atoms with E-state index in [1.165, 1.54) is 12.1 Å². The first-order chi connectivity index (χ1) is 14.9. The number of amides is 1. The van der Waals surface area contributed by atoms with Crippen LogP contribution in [0.1, 0.15) is 49.2 Å². The van der Waals surface area contributed by atoms with Crippen LogP contribution in [0.25, 0.3) is 5.69 Å². The lowest BCUT2D eigenvalue weighted by Gasteiger charge is -2.30. The minimum atomic E-state index is -0.327. The Balaban J connectivity index is 1.81. The van der Waals surface area contributed by atoms with E-state index in [1.54, 1.807) is 34.8 Å². The van der Waals surface area contributed by atoms with E-state index in [2.05, 4.69) is 16.9 Å². The van der Waals surface area contributed by atoms with Crippen molar-refractivity contribution in [3.05, 3.63) is 47.5 Å². The number of halogens is 1. The fourth-order valence-corrected chi connectivity index (χ4v) is 4.14. The van der Waals surface area contributed by atoms with Gasteiger partial charge in [-0.3, -0.25) is 14.5 Å². The number of carbonyl (C=O) groups is 2. The molecule has 1 aliphatic rings. The summed E-state index contributed by atoms with van der Waals surface area (Å²) in [6, 6.07) is 6.26. The van der Waals surface area contributed by atoms with Crippen molar-refractivity contribution in [2.75, 3.05) is 32.8 Å². The van der Waals surface area contributed by atoms with E-state index in [0.717, 1.165) is 25.9 Å². The molecule has 1 fully saturated rings. The standard InChI is InChI=1S/C23H31FN4O3/c1-4-26-13-6-7-20(26)16-27(14-12-22(29)31-5-2)23(30)21-15-25-28(17(21)3)19-10-8-18(24)9-11-19/h8-11,15,20H,4-7,12-14,16H2,1-3H3. The zero-order valence-electron chi connectivity index (χ0n) is 18.5. The fraction of sp³-hybridized carbons (Fsp3) is 0.522. The number of hydrogen-bond donors (Lipinski definition) is 0. The average Bonchev–Trinajstić information content (AvgIpc) is 3.37.